The van der Waals surface area contributed by atoms with Gasteiger partial charge in [0, 0.05) is 6.54 Å². The van der Waals surface area contributed by atoms with Gasteiger partial charge >= 0.3 is 0 Å². The summed E-state index contributed by atoms with van der Waals surface area (Å²) in [6.45, 7) is 3.56. The Morgan fingerprint density at radius 1 is 1.40 bits per heavy atom. The van der Waals surface area contributed by atoms with E-state index >= 15 is 0 Å². The molecule has 3 nitrogen and oxygen atoms in total. The Bertz CT molecular complexity index is 488. The SMILES string of the molecule is CCC1(CNC(=O)C2COc3ccccc3C2)CCC1. The average molecular weight is 273 g/mol. The standard InChI is InChI=1S/C17H23NO2/c1-2-17(8-5-9-17)12-18-16(19)14-10-13-6-3-4-7-15(13)20-11-14/h3-4,6-7,14H,2,5,8-12H2,1H3,(H,18,19). The minimum Gasteiger partial charge on any atom is -0.492 e. The van der Waals surface area contributed by atoms with Crippen molar-refractivity contribution in [3.63, 3.8) is 0 Å². The van der Waals surface area contributed by atoms with E-state index in [1.165, 1.54) is 19.3 Å². The molecule has 1 heterocycles. The summed E-state index contributed by atoms with van der Waals surface area (Å²) in [5.41, 5.74) is 1.52. The van der Waals surface area contributed by atoms with Crippen molar-refractivity contribution in [2.45, 2.75) is 39.0 Å². The first-order valence-electron chi connectivity index (χ1n) is 7.71. The molecule has 2 aliphatic rings. The van der Waals surface area contributed by atoms with Crippen LogP contribution >= 0.6 is 0 Å². The normalized spacial score (nSPS) is 23.1. The number of benzene rings is 1. The fourth-order valence-corrected chi connectivity index (χ4v) is 3.25. The Labute approximate surface area is 120 Å². The predicted octanol–water partition coefficient (Wildman–Crippen LogP) is 2.93. The number of amides is 1. The highest BCUT2D eigenvalue weighted by atomic mass is 16.5. The summed E-state index contributed by atoms with van der Waals surface area (Å²) in [7, 11) is 0. The van der Waals surface area contributed by atoms with E-state index in [1.807, 2.05) is 24.3 Å². The fourth-order valence-electron chi connectivity index (χ4n) is 3.25. The van der Waals surface area contributed by atoms with Gasteiger partial charge in [-0.25, -0.2) is 0 Å². The number of carbonyl (C=O) groups is 1. The van der Waals surface area contributed by atoms with E-state index in [2.05, 4.69) is 12.2 Å². The van der Waals surface area contributed by atoms with Crippen LogP contribution in [-0.2, 0) is 11.2 Å². The highest BCUT2D eigenvalue weighted by molar-refractivity contribution is 5.79. The van der Waals surface area contributed by atoms with Crippen LogP contribution in [0.1, 0.15) is 38.2 Å². The first kappa shape index (κ1) is 13.5. The van der Waals surface area contributed by atoms with Crippen LogP contribution in [0.25, 0.3) is 0 Å². The molecule has 0 saturated heterocycles. The van der Waals surface area contributed by atoms with Gasteiger partial charge in [-0.1, -0.05) is 31.5 Å². The minimum absolute atomic E-state index is 0.0427. The van der Waals surface area contributed by atoms with Crippen molar-refractivity contribution in [2.75, 3.05) is 13.2 Å². The molecule has 1 N–H and O–H groups in total. The van der Waals surface area contributed by atoms with Crippen molar-refractivity contribution < 1.29 is 9.53 Å². The lowest BCUT2D eigenvalue weighted by atomic mass is 9.67. The summed E-state index contributed by atoms with van der Waals surface area (Å²) in [5.74, 6) is 1.04. The van der Waals surface area contributed by atoms with Crippen molar-refractivity contribution in [3.05, 3.63) is 29.8 Å². The van der Waals surface area contributed by atoms with Crippen LogP contribution in [0.5, 0.6) is 5.75 Å². The van der Waals surface area contributed by atoms with E-state index in [4.69, 9.17) is 4.74 Å². The summed E-state index contributed by atoms with van der Waals surface area (Å²) in [4.78, 5) is 12.3. The zero-order valence-corrected chi connectivity index (χ0v) is 12.2. The van der Waals surface area contributed by atoms with Gasteiger partial charge in [0.1, 0.15) is 12.4 Å². The van der Waals surface area contributed by atoms with Gasteiger partial charge in [0.15, 0.2) is 0 Å². The maximum Gasteiger partial charge on any atom is 0.226 e. The summed E-state index contributed by atoms with van der Waals surface area (Å²) in [5, 5.41) is 3.16. The summed E-state index contributed by atoms with van der Waals surface area (Å²) in [6, 6.07) is 8.00. The molecule has 0 spiro atoms. The van der Waals surface area contributed by atoms with Crippen LogP contribution < -0.4 is 10.1 Å². The summed E-state index contributed by atoms with van der Waals surface area (Å²) in [6.07, 6.45) is 5.78. The third kappa shape index (κ3) is 2.54. The van der Waals surface area contributed by atoms with E-state index in [1.54, 1.807) is 0 Å². The van der Waals surface area contributed by atoms with Gasteiger partial charge in [0.2, 0.25) is 5.91 Å². The second kappa shape index (κ2) is 5.47. The van der Waals surface area contributed by atoms with Gasteiger partial charge in [-0.3, -0.25) is 4.79 Å². The molecule has 1 aliphatic carbocycles. The fraction of sp³-hybridized carbons (Fsp3) is 0.588. The Hall–Kier alpha value is -1.51. The lowest BCUT2D eigenvalue weighted by molar-refractivity contribution is -0.127. The number of hydrogen-bond donors (Lipinski definition) is 1. The molecule has 20 heavy (non-hydrogen) atoms. The first-order valence-corrected chi connectivity index (χ1v) is 7.71. The molecule has 1 aliphatic heterocycles. The molecule has 1 amide bonds. The van der Waals surface area contributed by atoms with Gasteiger partial charge in [-0.05, 0) is 42.7 Å². The Morgan fingerprint density at radius 2 is 2.20 bits per heavy atom. The lowest BCUT2D eigenvalue weighted by Gasteiger charge is -2.41. The highest BCUT2D eigenvalue weighted by Gasteiger charge is 2.36. The van der Waals surface area contributed by atoms with E-state index in [9.17, 15) is 4.79 Å². The van der Waals surface area contributed by atoms with E-state index < -0.39 is 0 Å². The van der Waals surface area contributed by atoms with Crippen LogP contribution in [0.2, 0.25) is 0 Å². The van der Waals surface area contributed by atoms with Crippen LogP contribution in [0.3, 0.4) is 0 Å². The molecule has 0 aromatic heterocycles. The first-order chi connectivity index (χ1) is 9.72. The van der Waals surface area contributed by atoms with Crippen molar-refractivity contribution >= 4 is 5.91 Å². The molecule has 3 rings (SSSR count). The Morgan fingerprint density at radius 3 is 2.90 bits per heavy atom. The minimum atomic E-state index is -0.0427. The second-order valence-electron chi connectivity index (χ2n) is 6.24. The largest absolute Gasteiger partial charge is 0.492 e. The number of ether oxygens (including phenoxy) is 1. The Balaban J connectivity index is 1.56. The van der Waals surface area contributed by atoms with Crippen molar-refractivity contribution in [2.24, 2.45) is 11.3 Å². The van der Waals surface area contributed by atoms with E-state index in [0.717, 1.165) is 30.7 Å². The topological polar surface area (TPSA) is 38.3 Å². The van der Waals surface area contributed by atoms with Crippen molar-refractivity contribution in [1.82, 2.24) is 5.32 Å². The third-order valence-corrected chi connectivity index (χ3v) is 5.05. The second-order valence-corrected chi connectivity index (χ2v) is 6.24. The smallest absolute Gasteiger partial charge is 0.226 e. The number of rotatable bonds is 4. The van der Waals surface area contributed by atoms with Gasteiger partial charge in [-0.2, -0.15) is 0 Å². The summed E-state index contributed by atoms with van der Waals surface area (Å²) >= 11 is 0. The zero-order valence-electron chi connectivity index (χ0n) is 12.2. The quantitative estimate of drug-likeness (QED) is 0.916. The number of para-hydroxylation sites is 1. The molecule has 0 radical (unpaired) electrons. The average Bonchev–Trinajstić information content (AvgIpc) is 2.46. The number of nitrogens with one attached hydrogen (secondary N) is 1. The van der Waals surface area contributed by atoms with Gasteiger partial charge in [-0.15, -0.1) is 0 Å². The van der Waals surface area contributed by atoms with E-state index in [-0.39, 0.29) is 11.8 Å². The maximum absolute atomic E-state index is 12.3. The third-order valence-electron chi connectivity index (χ3n) is 5.05. The van der Waals surface area contributed by atoms with Crippen molar-refractivity contribution in [1.29, 1.82) is 0 Å². The molecule has 108 valence electrons. The molecule has 3 heteroatoms. The molecule has 1 saturated carbocycles. The number of hydrogen-bond acceptors (Lipinski definition) is 2. The maximum atomic E-state index is 12.3. The Kier molecular flexibility index (Phi) is 3.68. The monoisotopic (exact) mass is 273 g/mol. The van der Waals surface area contributed by atoms with Gasteiger partial charge < -0.3 is 10.1 Å². The molecule has 1 aromatic rings. The molecule has 1 aromatic carbocycles. The van der Waals surface area contributed by atoms with Crippen molar-refractivity contribution in [3.8, 4) is 5.75 Å². The predicted molar refractivity (Wildman–Crippen MR) is 78.7 cm³/mol. The molecular formula is C17H23NO2. The van der Waals surface area contributed by atoms with Gasteiger partial charge in [0.05, 0.1) is 5.92 Å². The van der Waals surface area contributed by atoms with E-state index in [0.29, 0.717) is 12.0 Å². The zero-order chi connectivity index (χ0) is 14.0. The van der Waals surface area contributed by atoms with Crippen LogP contribution in [0.4, 0.5) is 0 Å². The van der Waals surface area contributed by atoms with Crippen LogP contribution in [-0.4, -0.2) is 19.1 Å². The molecule has 1 fully saturated rings. The summed E-state index contributed by atoms with van der Waals surface area (Å²) < 4.78 is 5.69. The molecular weight excluding hydrogens is 250 g/mol. The number of carbonyl (C=O) groups excluding carboxylic acids is 1. The van der Waals surface area contributed by atoms with Crippen LogP contribution in [0.15, 0.2) is 24.3 Å². The molecule has 1 unspecified atom stereocenters. The highest BCUT2D eigenvalue weighted by Crippen LogP contribution is 2.43. The lowest BCUT2D eigenvalue weighted by Crippen LogP contribution is -2.45. The molecule has 1 atom stereocenters. The number of fused-ring (bicyclic) bond motifs is 1. The van der Waals surface area contributed by atoms with Gasteiger partial charge in [0.25, 0.3) is 0 Å². The molecule has 0 bridgehead atoms. The van der Waals surface area contributed by atoms with Crippen LogP contribution in [0, 0.1) is 11.3 Å².